The quantitative estimate of drug-likeness (QED) is 0.120. The smallest absolute Gasteiger partial charge is 0.114 e. The van der Waals surface area contributed by atoms with Gasteiger partial charge in [0.05, 0.1) is 0 Å². The van der Waals surface area contributed by atoms with Gasteiger partial charge in [-0.1, -0.05) is 186 Å². The van der Waals surface area contributed by atoms with Crippen molar-refractivity contribution >= 4 is 67.8 Å². The van der Waals surface area contributed by atoms with Crippen LogP contribution >= 0.6 is 0 Å². The molecule has 0 unspecified atom stereocenters. The summed E-state index contributed by atoms with van der Waals surface area (Å²) in [7, 11) is -2.26. The highest BCUT2D eigenvalue weighted by Gasteiger charge is 2.41. The van der Waals surface area contributed by atoms with E-state index >= 15 is 0 Å². The van der Waals surface area contributed by atoms with Gasteiger partial charge in [-0.3, -0.25) is 0 Å². The first-order valence-corrected chi connectivity index (χ1v) is 24.3. The molecule has 0 spiro atoms. The molecule has 60 heavy (non-hydrogen) atoms. The molecule has 1 aliphatic heterocycles. The summed E-state index contributed by atoms with van der Waals surface area (Å²) in [5.41, 5.74) is 15.2. The van der Waals surface area contributed by atoms with Crippen molar-refractivity contribution in [3.05, 3.63) is 200 Å². The van der Waals surface area contributed by atoms with E-state index in [2.05, 4.69) is 233 Å². The summed E-state index contributed by atoms with van der Waals surface area (Å²) in [6, 6.07) is 72.6. The van der Waals surface area contributed by atoms with Crippen LogP contribution in [0.15, 0.2) is 194 Å². The molecule has 10 aromatic carbocycles. The van der Waals surface area contributed by atoms with Crippen LogP contribution in [-0.4, -0.2) is 8.07 Å². The number of rotatable bonds is 6. The first-order valence-electron chi connectivity index (χ1n) is 21.3. The highest BCUT2D eigenvalue weighted by Crippen LogP contribution is 2.47. The molecule has 0 saturated heterocycles. The average Bonchev–Trinajstić information content (AvgIpc) is 3.52. The third-order valence-corrected chi connectivity index (χ3v) is 16.6. The van der Waals surface area contributed by atoms with Crippen LogP contribution < -0.4 is 15.3 Å². The minimum Gasteiger partial charge on any atom is -0.310 e. The Labute approximate surface area is 354 Å². The van der Waals surface area contributed by atoms with E-state index in [9.17, 15) is 0 Å². The molecule has 11 rings (SSSR count). The molecular weight excluding hydrogens is 739 g/mol. The normalized spacial score (nSPS) is 13.2. The molecule has 0 fully saturated rings. The Bertz CT molecular complexity index is 3160. The summed E-state index contributed by atoms with van der Waals surface area (Å²) in [4.78, 5) is 2.47. The second-order valence-corrected chi connectivity index (χ2v) is 22.4. The minimum absolute atomic E-state index is 0.110. The summed E-state index contributed by atoms with van der Waals surface area (Å²) in [5, 5.41) is 11.3. The van der Waals surface area contributed by atoms with Crippen molar-refractivity contribution in [2.24, 2.45) is 0 Å². The lowest BCUT2D eigenvalue weighted by atomic mass is 9.84. The zero-order chi connectivity index (χ0) is 40.8. The van der Waals surface area contributed by atoms with Crippen molar-refractivity contribution in [3.63, 3.8) is 0 Å². The molecular formula is C58H47NSi. The number of hydrogen-bond acceptors (Lipinski definition) is 1. The maximum Gasteiger partial charge on any atom is 0.114 e. The SMILES string of the molecule is CC(C)(C)c1ccc(-c2cc3cccc4c5c(c6cccc2c6c34)[Si](C)(C)c2cc(N(c3cccc(-c4ccccc4)c3)c3cccc(-c4ccccc4)c3)ccc2-5)cc1. The molecule has 0 aromatic heterocycles. The number of nitrogens with zero attached hydrogens (tertiary/aromatic N) is 1. The Kier molecular flexibility index (Phi) is 8.27. The van der Waals surface area contributed by atoms with E-state index < -0.39 is 8.07 Å². The van der Waals surface area contributed by atoms with Gasteiger partial charge in [0.2, 0.25) is 0 Å². The third-order valence-electron chi connectivity index (χ3n) is 13.1. The molecule has 1 heterocycles. The van der Waals surface area contributed by atoms with Crippen LogP contribution in [0.3, 0.4) is 0 Å². The van der Waals surface area contributed by atoms with Crippen molar-refractivity contribution in [2.45, 2.75) is 39.3 Å². The van der Waals surface area contributed by atoms with Crippen LogP contribution in [0, 0.1) is 0 Å². The lowest BCUT2D eigenvalue weighted by molar-refractivity contribution is 0.590. The summed E-state index contributed by atoms with van der Waals surface area (Å²) in [6.45, 7) is 12.0. The lowest BCUT2D eigenvalue weighted by Gasteiger charge is -2.28. The number of anilines is 3. The summed E-state index contributed by atoms with van der Waals surface area (Å²) in [6.07, 6.45) is 0. The van der Waals surface area contributed by atoms with Crippen LogP contribution in [0.1, 0.15) is 26.3 Å². The van der Waals surface area contributed by atoms with Gasteiger partial charge in [-0.05, 0) is 141 Å². The molecule has 1 aliphatic rings. The Morgan fingerprint density at radius 2 is 0.950 bits per heavy atom. The largest absolute Gasteiger partial charge is 0.310 e. The Hall–Kier alpha value is -6.74. The minimum atomic E-state index is -2.26. The second-order valence-electron chi connectivity index (χ2n) is 18.2. The van der Waals surface area contributed by atoms with E-state index in [0.29, 0.717) is 0 Å². The monoisotopic (exact) mass is 785 g/mol. The molecule has 2 heteroatoms. The molecule has 1 nitrogen and oxygen atoms in total. The Morgan fingerprint density at radius 3 is 1.58 bits per heavy atom. The van der Waals surface area contributed by atoms with E-state index in [0.717, 1.165) is 11.4 Å². The first kappa shape index (κ1) is 36.3. The summed E-state index contributed by atoms with van der Waals surface area (Å²) < 4.78 is 0. The van der Waals surface area contributed by atoms with Gasteiger partial charge in [0.15, 0.2) is 0 Å². The molecule has 0 amide bonds. The van der Waals surface area contributed by atoms with E-state index in [1.165, 1.54) is 93.3 Å². The van der Waals surface area contributed by atoms with Gasteiger partial charge < -0.3 is 4.90 Å². The van der Waals surface area contributed by atoms with Crippen LogP contribution in [0.25, 0.3) is 76.8 Å². The fourth-order valence-corrected chi connectivity index (χ4v) is 13.6. The second kappa shape index (κ2) is 13.7. The van der Waals surface area contributed by atoms with E-state index in [1.807, 2.05) is 0 Å². The fourth-order valence-electron chi connectivity index (χ4n) is 10.2. The van der Waals surface area contributed by atoms with Gasteiger partial charge >= 0.3 is 0 Å². The van der Waals surface area contributed by atoms with Gasteiger partial charge in [-0.2, -0.15) is 0 Å². The fraction of sp³-hybridized carbons (Fsp3) is 0.103. The number of hydrogen-bond donors (Lipinski definition) is 0. The van der Waals surface area contributed by atoms with Crippen molar-refractivity contribution in [1.29, 1.82) is 0 Å². The van der Waals surface area contributed by atoms with E-state index in [1.54, 1.807) is 5.19 Å². The highest BCUT2D eigenvalue weighted by atomic mass is 28.3. The Balaban J connectivity index is 1.11. The number of benzene rings is 10. The molecule has 10 aromatic rings. The lowest BCUT2D eigenvalue weighted by Crippen LogP contribution is -2.49. The third kappa shape index (κ3) is 5.73. The van der Waals surface area contributed by atoms with E-state index in [-0.39, 0.29) is 5.41 Å². The average molecular weight is 786 g/mol. The first-order chi connectivity index (χ1) is 29.1. The summed E-state index contributed by atoms with van der Waals surface area (Å²) >= 11 is 0. The Morgan fingerprint density at radius 1 is 0.400 bits per heavy atom. The zero-order valence-electron chi connectivity index (χ0n) is 34.9. The summed E-state index contributed by atoms with van der Waals surface area (Å²) in [5.74, 6) is 0. The van der Waals surface area contributed by atoms with Crippen LogP contribution in [-0.2, 0) is 5.41 Å². The van der Waals surface area contributed by atoms with Crippen LogP contribution in [0.5, 0.6) is 0 Å². The van der Waals surface area contributed by atoms with Crippen molar-refractivity contribution < 1.29 is 0 Å². The molecule has 0 atom stereocenters. The van der Waals surface area contributed by atoms with Gasteiger partial charge in [0.25, 0.3) is 0 Å². The highest BCUT2D eigenvalue weighted by molar-refractivity contribution is 7.05. The van der Waals surface area contributed by atoms with Gasteiger partial charge in [0.1, 0.15) is 8.07 Å². The van der Waals surface area contributed by atoms with Crippen molar-refractivity contribution in [2.75, 3.05) is 4.90 Å². The van der Waals surface area contributed by atoms with Crippen molar-refractivity contribution in [3.8, 4) is 44.5 Å². The van der Waals surface area contributed by atoms with Gasteiger partial charge in [0, 0.05) is 17.1 Å². The molecule has 0 N–H and O–H groups in total. The zero-order valence-corrected chi connectivity index (χ0v) is 35.9. The molecule has 0 saturated carbocycles. The van der Waals surface area contributed by atoms with Gasteiger partial charge in [-0.25, -0.2) is 0 Å². The topological polar surface area (TPSA) is 3.24 Å². The molecule has 288 valence electrons. The van der Waals surface area contributed by atoms with Crippen LogP contribution in [0.2, 0.25) is 13.1 Å². The predicted octanol–water partition coefficient (Wildman–Crippen LogP) is 15.2. The van der Waals surface area contributed by atoms with E-state index in [4.69, 9.17) is 0 Å². The maximum absolute atomic E-state index is 2.58. The molecule has 0 bridgehead atoms. The van der Waals surface area contributed by atoms with Gasteiger partial charge in [-0.15, -0.1) is 0 Å². The molecule has 0 radical (unpaired) electrons. The number of fused-ring (bicyclic) bond motifs is 5. The molecule has 0 aliphatic carbocycles. The van der Waals surface area contributed by atoms with Crippen molar-refractivity contribution in [1.82, 2.24) is 0 Å². The standard InChI is InChI=1S/C58H47NSi/c1-58(2,3)44-30-28-40(29-31-44)52-36-43-22-14-26-50-54(43)55-48(52)25-15-27-51(55)57-56(50)49-33-32-47(37-53(49)60(57,4)5)59(45-23-12-20-41(34-45)38-16-8-6-9-17-38)46-24-13-21-42(35-46)39-18-10-7-11-19-39/h6-37H,1-5H3. The maximum atomic E-state index is 2.58. The predicted molar refractivity (Wildman–Crippen MR) is 262 cm³/mol. The van der Waals surface area contributed by atoms with Crippen LogP contribution in [0.4, 0.5) is 17.1 Å².